The molecule has 7 heteroatoms. The van der Waals surface area contributed by atoms with Gasteiger partial charge in [0.1, 0.15) is 11.6 Å². The Morgan fingerprint density at radius 3 is 2.89 bits per heavy atom. The Morgan fingerprint density at radius 1 is 1.30 bits per heavy atom. The van der Waals surface area contributed by atoms with Gasteiger partial charge < -0.3 is 15.4 Å². The first-order chi connectivity index (χ1) is 13.2. The lowest BCUT2D eigenvalue weighted by molar-refractivity contribution is 0.460. The topological polar surface area (TPSA) is 58.5 Å². The summed E-state index contributed by atoms with van der Waals surface area (Å²) in [6, 6.07) is 9.65. The summed E-state index contributed by atoms with van der Waals surface area (Å²) >= 11 is 2.03. The number of ether oxygens (including phenoxy) is 1. The molecule has 0 radical (unpaired) electrons. The van der Waals surface area contributed by atoms with E-state index < -0.39 is 0 Å². The normalized spacial score (nSPS) is 17.0. The number of aromatic nitrogens is 1. The van der Waals surface area contributed by atoms with Crippen LogP contribution in [0.2, 0.25) is 0 Å². The minimum atomic E-state index is -0.294. The van der Waals surface area contributed by atoms with Crippen molar-refractivity contribution in [2.75, 3.05) is 18.8 Å². The van der Waals surface area contributed by atoms with Crippen LogP contribution in [0, 0.1) is 5.82 Å². The number of nitrogens with one attached hydrogen (secondary N) is 2. The molecule has 0 spiro atoms. The second-order valence-corrected chi connectivity index (χ2v) is 7.68. The highest BCUT2D eigenvalue weighted by molar-refractivity contribution is 8.00. The summed E-state index contributed by atoms with van der Waals surface area (Å²) in [7, 11) is 0. The van der Waals surface area contributed by atoms with E-state index in [4.69, 9.17) is 4.74 Å². The van der Waals surface area contributed by atoms with Crippen molar-refractivity contribution in [3.05, 3.63) is 54.0 Å². The Bertz CT molecular complexity index is 748. The smallest absolute Gasteiger partial charge is 0.219 e. The molecule has 1 atom stereocenters. The molecule has 2 N–H and O–H groups in total. The molecule has 0 amide bonds. The van der Waals surface area contributed by atoms with Crippen LogP contribution in [0.1, 0.15) is 25.3 Å². The van der Waals surface area contributed by atoms with Crippen LogP contribution in [0.15, 0.2) is 47.6 Å². The van der Waals surface area contributed by atoms with E-state index >= 15 is 0 Å². The Kier molecular flexibility index (Phi) is 7.33. The van der Waals surface area contributed by atoms with Gasteiger partial charge in [0.2, 0.25) is 5.88 Å². The fourth-order valence-electron chi connectivity index (χ4n) is 2.76. The molecule has 144 valence electrons. The van der Waals surface area contributed by atoms with Crippen molar-refractivity contribution in [1.29, 1.82) is 0 Å². The Hall–Kier alpha value is -2.28. The quantitative estimate of drug-likeness (QED) is 0.555. The second kappa shape index (κ2) is 10.2. The number of halogens is 1. The SMILES string of the molecule is CCNC(=NCc1ccnc(Oc2ccc(F)cc2)c1)NCC1CCCS1. The molecule has 5 nitrogen and oxygen atoms in total. The number of benzene rings is 1. The van der Waals surface area contributed by atoms with Crippen LogP contribution >= 0.6 is 11.8 Å². The van der Waals surface area contributed by atoms with Gasteiger partial charge in [0.15, 0.2) is 5.96 Å². The molecule has 0 bridgehead atoms. The van der Waals surface area contributed by atoms with Crippen LogP contribution in [0.3, 0.4) is 0 Å². The molecule has 1 aliphatic rings. The van der Waals surface area contributed by atoms with E-state index in [1.807, 2.05) is 23.9 Å². The Balaban J connectivity index is 1.59. The van der Waals surface area contributed by atoms with Gasteiger partial charge in [0.05, 0.1) is 6.54 Å². The molecule has 27 heavy (non-hydrogen) atoms. The van der Waals surface area contributed by atoms with Gasteiger partial charge >= 0.3 is 0 Å². The van der Waals surface area contributed by atoms with Crippen molar-refractivity contribution in [3.63, 3.8) is 0 Å². The number of nitrogens with zero attached hydrogens (tertiary/aromatic N) is 2. The number of thioether (sulfide) groups is 1. The standard InChI is InChI=1S/C20H25FN4OS/c1-2-22-20(25-14-18-4-3-11-27-18)24-13-15-9-10-23-19(12-15)26-17-7-5-16(21)6-8-17/h5-10,12,18H,2-4,11,13-14H2,1H3,(H2,22,24,25). The van der Waals surface area contributed by atoms with Crippen molar-refractivity contribution >= 4 is 17.7 Å². The Morgan fingerprint density at radius 2 is 2.15 bits per heavy atom. The highest BCUT2D eigenvalue weighted by Gasteiger charge is 2.15. The molecule has 1 aromatic heterocycles. The van der Waals surface area contributed by atoms with Crippen LogP contribution in [-0.2, 0) is 6.54 Å². The van der Waals surface area contributed by atoms with E-state index in [1.54, 1.807) is 18.3 Å². The zero-order valence-electron chi connectivity index (χ0n) is 15.5. The van der Waals surface area contributed by atoms with Crippen molar-refractivity contribution in [3.8, 4) is 11.6 Å². The lowest BCUT2D eigenvalue weighted by atomic mass is 10.2. The zero-order valence-corrected chi connectivity index (χ0v) is 16.3. The summed E-state index contributed by atoms with van der Waals surface area (Å²) in [5.41, 5.74) is 0.995. The highest BCUT2D eigenvalue weighted by atomic mass is 32.2. The second-order valence-electron chi connectivity index (χ2n) is 6.27. The maximum absolute atomic E-state index is 13.0. The Labute approximate surface area is 163 Å². The molecule has 3 rings (SSSR count). The summed E-state index contributed by atoms with van der Waals surface area (Å²) in [6.45, 7) is 4.34. The molecule has 1 unspecified atom stereocenters. The lowest BCUT2D eigenvalue weighted by Crippen LogP contribution is -2.40. The lowest BCUT2D eigenvalue weighted by Gasteiger charge is -2.14. The van der Waals surface area contributed by atoms with E-state index in [2.05, 4.69) is 27.5 Å². The minimum absolute atomic E-state index is 0.294. The van der Waals surface area contributed by atoms with Crippen molar-refractivity contribution in [1.82, 2.24) is 15.6 Å². The molecular formula is C20H25FN4OS. The third kappa shape index (κ3) is 6.43. The minimum Gasteiger partial charge on any atom is -0.439 e. The molecule has 2 heterocycles. The van der Waals surface area contributed by atoms with Gasteiger partial charge in [-0.15, -0.1) is 0 Å². The fraction of sp³-hybridized carbons (Fsp3) is 0.400. The molecule has 1 saturated heterocycles. The summed E-state index contributed by atoms with van der Waals surface area (Å²) in [5.74, 6) is 2.80. The van der Waals surface area contributed by atoms with Crippen molar-refractivity contribution in [2.24, 2.45) is 4.99 Å². The van der Waals surface area contributed by atoms with Crippen LogP contribution in [0.4, 0.5) is 4.39 Å². The maximum Gasteiger partial charge on any atom is 0.219 e. The number of pyridine rings is 1. The number of aliphatic imine (C=N–C) groups is 1. The van der Waals surface area contributed by atoms with Gasteiger partial charge in [0.25, 0.3) is 0 Å². The van der Waals surface area contributed by atoms with Crippen LogP contribution in [0.25, 0.3) is 0 Å². The van der Waals surface area contributed by atoms with Gasteiger partial charge in [-0.3, -0.25) is 0 Å². The van der Waals surface area contributed by atoms with E-state index in [-0.39, 0.29) is 5.82 Å². The number of hydrogen-bond donors (Lipinski definition) is 2. The van der Waals surface area contributed by atoms with E-state index in [0.29, 0.717) is 23.4 Å². The van der Waals surface area contributed by atoms with Gasteiger partial charge in [-0.25, -0.2) is 14.4 Å². The predicted molar refractivity (Wildman–Crippen MR) is 109 cm³/mol. The fourth-order valence-corrected chi connectivity index (χ4v) is 3.96. The van der Waals surface area contributed by atoms with Crippen LogP contribution in [0.5, 0.6) is 11.6 Å². The van der Waals surface area contributed by atoms with Crippen LogP contribution in [-0.4, -0.2) is 35.0 Å². The summed E-state index contributed by atoms with van der Waals surface area (Å²) in [4.78, 5) is 8.87. The monoisotopic (exact) mass is 388 g/mol. The first-order valence-electron chi connectivity index (χ1n) is 9.25. The van der Waals surface area contributed by atoms with E-state index in [9.17, 15) is 4.39 Å². The first kappa shape index (κ1) is 19.5. The van der Waals surface area contributed by atoms with Gasteiger partial charge in [-0.2, -0.15) is 11.8 Å². The van der Waals surface area contributed by atoms with E-state index in [1.165, 1.54) is 30.7 Å². The molecule has 1 aromatic carbocycles. The average molecular weight is 389 g/mol. The molecule has 0 aliphatic carbocycles. The molecule has 0 saturated carbocycles. The third-order valence-electron chi connectivity index (χ3n) is 4.12. The summed E-state index contributed by atoms with van der Waals surface area (Å²) in [5, 5.41) is 7.38. The average Bonchev–Trinajstić information content (AvgIpc) is 3.20. The van der Waals surface area contributed by atoms with Crippen molar-refractivity contribution in [2.45, 2.75) is 31.6 Å². The zero-order chi connectivity index (χ0) is 18.9. The van der Waals surface area contributed by atoms with Gasteiger partial charge in [-0.05, 0) is 61.4 Å². The first-order valence-corrected chi connectivity index (χ1v) is 10.3. The third-order valence-corrected chi connectivity index (χ3v) is 5.52. The van der Waals surface area contributed by atoms with Gasteiger partial charge in [-0.1, -0.05) is 0 Å². The number of hydrogen-bond acceptors (Lipinski definition) is 4. The summed E-state index contributed by atoms with van der Waals surface area (Å²) in [6.07, 6.45) is 4.27. The largest absolute Gasteiger partial charge is 0.439 e. The van der Waals surface area contributed by atoms with E-state index in [0.717, 1.165) is 24.6 Å². The molecular weight excluding hydrogens is 363 g/mol. The van der Waals surface area contributed by atoms with Crippen molar-refractivity contribution < 1.29 is 9.13 Å². The van der Waals surface area contributed by atoms with Gasteiger partial charge in [0, 0.05) is 30.6 Å². The molecule has 2 aromatic rings. The highest BCUT2D eigenvalue weighted by Crippen LogP contribution is 2.25. The number of guanidine groups is 1. The maximum atomic E-state index is 13.0. The molecule has 1 aliphatic heterocycles. The molecule has 1 fully saturated rings. The number of rotatable bonds is 7. The van der Waals surface area contributed by atoms with Crippen LogP contribution < -0.4 is 15.4 Å². The predicted octanol–water partition coefficient (Wildman–Crippen LogP) is 3.96. The summed E-state index contributed by atoms with van der Waals surface area (Å²) < 4.78 is 18.7.